The van der Waals surface area contributed by atoms with Gasteiger partial charge >= 0.3 is 11.8 Å². The number of methoxy groups -OCH3 is 1. The third kappa shape index (κ3) is 7.58. The van der Waals surface area contributed by atoms with Crippen LogP contribution in [0.1, 0.15) is 95.6 Å². The van der Waals surface area contributed by atoms with E-state index in [0.717, 1.165) is 13.1 Å². The van der Waals surface area contributed by atoms with Crippen molar-refractivity contribution >= 4 is 40.3 Å². The first-order valence-corrected chi connectivity index (χ1v) is 21.5. The number of ether oxygens (including phenoxy) is 4. The Bertz CT molecular complexity index is 2240. The average Bonchev–Trinajstić information content (AvgIpc) is 3.88. The van der Waals surface area contributed by atoms with Crippen molar-refractivity contribution in [2.45, 2.75) is 116 Å². The maximum atomic E-state index is 14.8. The lowest BCUT2D eigenvalue weighted by Gasteiger charge is -2.46. The predicted octanol–water partition coefficient (Wildman–Crippen LogP) is 4.98. The molecule has 1 aliphatic carbocycles. The van der Waals surface area contributed by atoms with E-state index in [1.54, 1.807) is 46.8 Å². The Morgan fingerprint density at radius 3 is 2.27 bits per heavy atom. The van der Waals surface area contributed by atoms with E-state index in [1.165, 1.54) is 71.3 Å². The van der Waals surface area contributed by atoms with Crippen LogP contribution in [0.2, 0.25) is 0 Å². The van der Waals surface area contributed by atoms with E-state index in [4.69, 9.17) is 24.0 Å². The van der Waals surface area contributed by atoms with Crippen molar-refractivity contribution in [1.29, 1.82) is 0 Å². The molecule has 1 saturated carbocycles. The quantitative estimate of drug-likeness (QED) is 0.101. The second-order valence-corrected chi connectivity index (χ2v) is 17.9. The Balaban J connectivity index is 1.53. The SMILES string of the molecule is COC1/C=C/OC2(C)Oc3c4c(O)c5c(O)c(c(/C=N/N6CCN(C7CCCC7)CC6)c(O)c5c3C2=O)NC(=O)/C(C)=C\C=C\C(C)C(O)C(C)C(O)C(C)C(OC(C)=O)C41C. The molecular formula is C46H60N4O12. The van der Waals surface area contributed by atoms with Gasteiger partial charge in [-0.2, -0.15) is 5.10 Å². The molecule has 1 saturated heterocycles. The van der Waals surface area contributed by atoms with Gasteiger partial charge in [0.25, 0.3) is 11.7 Å². The summed E-state index contributed by atoms with van der Waals surface area (Å²) in [5.74, 6) is -8.95. The molecule has 0 spiro atoms. The van der Waals surface area contributed by atoms with Crippen LogP contribution in [0.4, 0.5) is 5.69 Å². The van der Waals surface area contributed by atoms with Crippen molar-refractivity contribution in [3.63, 3.8) is 0 Å². The Hall–Kier alpha value is -5.16. The summed E-state index contributed by atoms with van der Waals surface area (Å²) in [6.07, 6.45) is 8.49. The number of aliphatic hydroxyl groups is 2. The van der Waals surface area contributed by atoms with E-state index < -0.39 is 93.7 Å². The Labute approximate surface area is 361 Å². The molecule has 2 aromatic rings. The zero-order valence-corrected chi connectivity index (χ0v) is 36.7. The number of phenols is 3. The monoisotopic (exact) mass is 860 g/mol. The number of fused-ring (bicyclic) bond motifs is 3. The summed E-state index contributed by atoms with van der Waals surface area (Å²) in [6.45, 7) is 13.4. The summed E-state index contributed by atoms with van der Waals surface area (Å²) in [5, 5.41) is 69.9. The number of rotatable bonds is 5. The number of carbonyl (C=O) groups is 3. The number of hydrogen-bond acceptors (Lipinski definition) is 15. The van der Waals surface area contributed by atoms with Gasteiger partial charge in [0.1, 0.15) is 23.4 Å². The van der Waals surface area contributed by atoms with E-state index in [0.29, 0.717) is 19.1 Å². The van der Waals surface area contributed by atoms with Gasteiger partial charge in [0.05, 0.1) is 64.0 Å². The second kappa shape index (κ2) is 17.2. The molecule has 7 rings (SSSR count). The molecule has 2 fully saturated rings. The van der Waals surface area contributed by atoms with Crippen LogP contribution in [-0.4, -0.2) is 129 Å². The smallest absolute Gasteiger partial charge is 0.312 e. The summed E-state index contributed by atoms with van der Waals surface area (Å²) in [7, 11) is 1.37. The number of allylic oxidation sites excluding steroid dienone is 2. The first-order chi connectivity index (χ1) is 29.3. The number of nitrogens with zero attached hydrogens (tertiary/aromatic N) is 3. The normalized spacial score (nSPS) is 34.2. The minimum Gasteiger partial charge on any atom is -0.507 e. The maximum absolute atomic E-state index is 14.8. The molecule has 0 radical (unpaired) electrons. The molecule has 16 heteroatoms. The Morgan fingerprint density at radius 2 is 1.63 bits per heavy atom. The molecule has 2 aromatic carbocycles. The fourth-order valence-corrected chi connectivity index (χ4v) is 10.2. The number of hydrogen-bond donors (Lipinski definition) is 6. The van der Waals surface area contributed by atoms with Gasteiger partial charge in [0, 0.05) is 81.9 Å². The van der Waals surface area contributed by atoms with E-state index in [-0.39, 0.29) is 39.1 Å². The topological polar surface area (TPSA) is 220 Å². The largest absolute Gasteiger partial charge is 0.507 e. The van der Waals surface area contributed by atoms with E-state index in [1.807, 2.05) is 5.01 Å². The molecule has 16 nitrogen and oxygen atoms in total. The van der Waals surface area contributed by atoms with Crippen LogP contribution >= 0.6 is 0 Å². The van der Waals surface area contributed by atoms with E-state index in [9.17, 15) is 39.9 Å². The highest BCUT2D eigenvalue weighted by molar-refractivity contribution is 6.24. The van der Waals surface area contributed by atoms with Crippen molar-refractivity contribution in [3.05, 3.63) is 52.8 Å². The second-order valence-electron chi connectivity index (χ2n) is 17.9. The van der Waals surface area contributed by atoms with Crippen LogP contribution in [0.25, 0.3) is 10.8 Å². The number of piperazine rings is 1. The highest BCUT2D eigenvalue weighted by Gasteiger charge is 2.58. The molecule has 9 atom stereocenters. The van der Waals surface area contributed by atoms with Crippen molar-refractivity contribution in [1.82, 2.24) is 9.91 Å². The first-order valence-electron chi connectivity index (χ1n) is 21.5. The van der Waals surface area contributed by atoms with Crippen LogP contribution in [0, 0.1) is 17.8 Å². The van der Waals surface area contributed by atoms with Gasteiger partial charge in [-0.05, 0) is 32.8 Å². The highest BCUT2D eigenvalue weighted by Crippen LogP contribution is 2.60. The highest BCUT2D eigenvalue weighted by atomic mass is 16.7. The lowest BCUT2D eigenvalue weighted by molar-refractivity contribution is -0.164. The number of amides is 1. The van der Waals surface area contributed by atoms with Crippen LogP contribution in [0.5, 0.6) is 23.0 Å². The number of esters is 1. The number of carbonyl (C=O) groups excluding carboxylic acids is 3. The number of aliphatic hydroxyl groups excluding tert-OH is 2. The molecule has 9 unspecified atom stereocenters. The van der Waals surface area contributed by atoms with Gasteiger partial charge < -0.3 is 49.8 Å². The van der Waals surface area contributed by atoms with Crippen LogP contribution in [0.15, 0.2) is 41.2 Å². The zero-order chi connectivity index (χ0) is 45.0. The number of ketones is 1. The third-order valence-electron chi connectivity index (χ3n) is 13.9. The number of hydrazone groups is 1. The Morgan fingerprint density at radius 1 is 0.952 bits per heavy atom. The average molecular weight is 861 g/mol. The number of Topliss-reactive ketones (excluding diaryl/α,β-unsaturated/α-hetero) is 1. The van der Waals surface area contributed by atoms with Gasteiger partial charge in [-0.3, -0.25) is 24.3 Å². The summed E-state index contributed by atoms with van der Waals surface area (Å²) >= 11 is 0. The van der Waals surface area contributed by atoms with Crippen molar-refractivity contribution < 1.29 is 58.9 Å². The lowest BCUT2D eigenvalue weighted by Crippen LogP contribution is -2.55. The summed E-state index contributed by atoms with van der Waals surface area (Å²) in [5.41, 5.74) is -2.54. The van der Waals surface area contributed by atoms with Crippen LogP contribution in [-0.2, 0) is 29.2 Å². The summed E-state index contributed by atoms with van der Waals surface area (Å²) in [6, 6.07) is 0.541. The van der Waals surface area contributed by atoms with Crippen LogP contribution in [0.3, 0.4) is 0 Å². The van der Waals surface area contributed by atoms with Gasteiger partial charge in [-0.25, -0.2) is 0 Å². The number of aromatic hydroxyl groups is 3. The Kier molecular flexibility index (Phi) is 12.4. The summed E-state index contributed by atoms with van der Waals surface area (Å²) in [4.78, 5) is 44.3. The number of benzene rings is 2. The van der Waals surface area contributed by atoms with E-state index in [2.05, 4.69) is 10.2 Å². The lowest BCUT2D eigenvalue weighted by atomic mass is 9.65. The standard InChI is InChI=1S/C46H60N4O12/c1-23-12-11-13-24(2)44(58)48-35-29(22-47-50-19-17-49(18-20-50)28-14-9-10-15-28)38(54)31-32(40(35)56)39(55)34-41-33(31)42(57)46(7,62-41)60-21-16-30(59-8)45(34,6)43(61-27(5)51)26(4)37(53)25(3)36(23)52/h11-13,16,21-23,25-26,28,30,36-37,43,52-56H,9-10,14-15,17-20H2,1-8H3,(H,48,58)/b12-11+,21-16+,24-13-,47-22+. The van der Waals surface area contributed by atoms with Gasteiger partial charge in [0.2, 0.25) is 0 Å². The molecule has 336 valence electrons. The number of nitrogens with one attached hydrogen (secondary N) is 1. The molecule has 1 amide bonds. The van der Waals surface area contributed by atoms with Gasteiger partial charge in [0.15, 0.2) is 5.75 Å². The van der Waals surface area contributed by atoms with E-state index >= 15 is 0 Å². The fraction of sp³-hybridized carbons (Fsp3) is 0.565. The van der Waals surface area contributed by atoms with Crippen molar-refractivity contribution in [3.8, 4) is 23.0 Å². The molecule has 4 heterocycles. The van der Waals surface area contributed by atoms with Crippen molar-refractivity contribution in [2.75, 3.05) is 38.6 Å². The number of anilines is 1. The van der Waals surface area contributed by atoms with Crippen molar-refractivity contribution in [2.24, 2.45) is 22.9 Å². The minimum atomic E-state index is -2.07. The number of phenolic OH excluding ortho intramolecular Hbond substituents is 3. The minimum absolute atomic E-state index is 0.152. The predicted molar refractivity (Wildman–Crippen MR) is 230 cm³/mol. The molecular weight excluding hydrogens is 801 g/mol. The summed E-state index contributed by atoms with van der Waals surface area (Å²) < 4.78 is 24.5. The molecule has 62 heavy (non-hydrogen) atoms. The van der Waals surface area contributed by atoms with Crippen LogP contribution < -0.4 is 10.1 Å². The maximum Gasteiger partial charge on any atom is 0.312 e. The molecule has 5 bridgehead atoms. The third-order valence-corrected chi connectivity index (χ3v) is 13.9. The zero-order valence-electron chi connectivity index (χ0n) is 36.7. The first kappa shape index (κ1) is 44.9. The fourth-order valence-electron chi connectivity index (χ4n) is 10.2. The molecule has 5 aliphatic rings. The molecule has 4 aliphatic heterocycles. The van der Waals surface area contributed by atoms with Gasteiger partial charge in [-0.15, -0.1) is 0 Å². The molecule has 6 N–H and O–H groups in total. The van der Waals surface area contributed by atoms with Gasteiger partial charge in [-0.1, -0.05) is 51.8 Å². The molecule has 0 aromatic heterocycles.